The zero-order chi connectivity index (χ0) is 20.5. The number of carbonyl (C=O) groups excluding carboxylic acids is 2. The van der Waals surface area contributed by atoms with Crippen molar-refractivity contribution in [3.63, 3.8) is 0 Å². The van der Waals surface area contributed by atoms with E-state index in [1.165, 1.54) is 17.9 Å². The van der Waals surface area contributed by atoms with Gasteiger partial charge in [0.05, 0.1) is 12.5 Å². The number of anilines is 1. The third-order valence-corrected chi connectivity index (χ3v) is 4.44. The molecule has 9 heteroatoms. The monoisotopic (exact) mass is 395 g/mol. The summed E-state index contributed by atoms with van der Waals surface area (Å²) in [6, 6.07) is 8.30. The van der Waals surface area contributed by atoms with Gasteiger partial charge in [0, 0.05) is 23.6 Å². The molecule has 0 fully saturated rings. The highest BCUT2D eigenvalue weighted by Gasteiger charge is 2.19. The lowest BCUT2D eigenvalue weighted by molar-refractivity contribution is -0.116. The van der Waals surface area contributed by atoms with Gasteiger partial charge < -0.3 is 24.1 Å². The Hall–Kier alpha value is -3.88. The molecule has 29 heavy (non-hydrogen) atoms. The molecule has 0 radical (unpaired) electrons. The molecule has 2 aromatic heterocycles. The van der Waals surface area contributed by atoms with Crippen molar-refractivity contribution in [2.45, 2.75) is 13.5 Å². The summed E-state index contributed by atoms with van der Waals surface area (Å²) in [5.74, 6) is 0.00835. The summed E-state index contributed by atoms with van der Waals surface area (Å²) in [7, 11) is 1.19. The quantitative estimate of drug-likeness (QED) is 0.672. The van der Waals surface area contributed by atoms with Gasteiger partial charge in [-0.15, -0.1) is 0 Å². The number of aromatic nitrogens is 2. The third kappa shape index (κ3) is 3.49. The number of ether oxygens (including phenoxy) is 3. The molecular formula is C20H17N3O6. The Balaban J connectivity index is 1.68. The average Bonchev–Trinajstić information content (AvgIpc) is 3.17. The van der Waals surface area contributed by atoms with Crippen molar-refractivity contribution < 1.29 is 23.8 Å². The molecule has 0 atom stereocenters. The van der Waals surface area contributed by atoms with Crippen molar-refractivity contribution in [3.05, 3.63) is 58.0 Å². The van der Waals surface area contributed by atoms with Crippen molar-refractivity contribution >= 4 is 28.6 Å². The van der Waals surface area contributed by atoms with Crippen LogP contribution in [-0.4, -0.2) is 35.3 Å². The molecule has 1 N–H and O–H groups in total. The first-order valence-electron chi connectivity index (χ1n) is 8.75. The molecule has 0 aliphatic carbocycles. The number of pyridine rings is 2. The molecule has 4 rings (SSSR count). The molecular weight excluding hydrogens is 378 g/mol. The number of carbonyl (C=O) groups is 2. The third-order valence-electron chi connectivity index (χ3n) is 4.44. The van der Waals surface area contributed by atoms with E-state index in [4.69, 9.17) is 9.47 Å². The van der Waals surface area contributed by atoms with E-state index in [1.807, 2.05) is 0 Å². The smallest absolute Gasteiger partial charge is 0.343 e. The molecule has 1 aromatic carbocycles. The Morgan fingerprint density at radius 1 is 1.21 bits per heavy atom. The molecule has 0 saturated heterocycles. The van der Waals surface area contributed by atoms with Crippen LogP contribution in [0.25, 0.3) is 11.0 Å². The topological polar surface area (TPSA) is 109 Å². The van der Waals surface area contributed by atoms with E-state index in [1.54, 1.807) is 37.3 Å². The summed E-state index contributed by atoms with van der Waals surface area (Å²) in [5, 5.41) is 2.99. The number of rotatable bonds is 4. The second-order valence-corrected chi connectivity index (χ2v) is 6.43. The van der Waals surface area contributed by atoms with Gasteiger partial charge in [0.25, 0.3) is 0 Å². The molecule has 0 bridgehead atoms. The van der Waals surface area contributed by atoms with Gasteiger partial charge in [0.15, 0.2) is 11.5 Å². The first-order chi connectivity index (χ1) is 14.0. The summed E-state index contributed by atoms with van der Waals surface area (Å²) in [6.07, 6.45) is 1.29. The van der Waals surface area contributed by atoms with Gasteiger partial charge in [-0.1, -0.05) is 0 Å². The number of nitrogens with zero attached hydrogens (tertiary/aromatic N) is 2. The highest BCUT2D eigenvalue weighted by atomic mass is 16.7. The SMILES string of the molecule is COC(=O)c1cn(CC(=O)Nc2ccc3c(c2)OCO3)c2nc(C)ccc2c1=O. The number of methoxy groups -OCH3 is 1. The van der Waals surface area contributed by atoms with Crippen LogP contribution in [-0.2, 0) is 16.1 Å². The summed E-state index contributed by atoms with van der Waals surface area (Å²) < 4.78 is 16.7. The Labute approximate surface area is 164 Å². The van der Waals surface area contributed by atoms with Gasteiger partial charge in [-0.25, -0.2) is 9.78 Å². The molecule has 3 heterocycles. The molecule has 3 aromatic rings. The minimum Gasteiger partial charge on any atom is -0.465 e. The summed E-state index contributed by atoms with van der Waals surface area (Å²) >= 11 is 0. The predicted molar refractivity (Wildman–Crippen MR) is 103 cm³/mol. The maximum absolute atomic E-state index is 12.6. The highest BCUT2D eigenvalue weighted by Crippen LogP contribution is 2.34. The van der Waals surface area contributed by atoms with Gasteiger partial charge in [0.2, 0.25) is 18.1 Å². The van der Waals surface area contributed by atoms with Crippen LogP contribution in [0.1, 0.15) is 16.1 Å². The van der Waals surface area contributed by atoms with Gasteiger partial charge in [0.1, 0.15) is 17.8 Å². The van der Waals surface area contributed by atoms with Crippen molar-refractivity contribution in [3.8, 4) is 11.5 Å². The van der Waals surface area contributed by atoms with E-state index < -0.39 is 11.4 Å². The van der Waals surface area contributed by atoms with Crippen molar-refractivity contribution in [2.75, 3.05) is 19.2 Å². The molecule has 1 amide bonds. The predicted octanol–water partition coefficient (Wildman–Crippen LogP) is 1.86. The van der Waals surface area contributed by atoms with Gasteiger partial charge >= 0.3 is 5.97 Å². The minimum absolute atomic E-state index is 0.136. The van der Waals surface area contributed by atoms with E-state index in [9.17, 15) is 14.4 Å². The van der Waals surface area contributed by atoms with Crippen molar-refractivity contribution in [2.24, 2.45) is 0 Å². The fraction of sp³-hybridized carbons (Fsp3) is 0.200. The van der Waals surface area contributed by atoms with Crippen LogP contribution in [0, 0.1) is 6.92 Å². The van der Waals surface area contributed by atoms with Gasteiger partial charge in [-0.3, -0.25) is 9.59 Å². The average molecular weight is 395 g/mol. The molecule has 0 saturated carbocycles. The number of hydrogen-bond donors (Lipinski definition) is 1. The van der Waals surface area contributed by atoms with Gasteiger partial charge in [-0.2, -0.15) is 0 Å². The normalized spacial score (nSPS) is 12.1. The second-order valence-electron chi connectivity index (χ2n) is 6.43. The van der Waals surface area contributed by atoms with E-state index in [0.29, 0.717) is 28.5 Å². The van der Waals surface area contributed by atoms with Crippen molar-refractivity contribution in [1.29, 1.82) is 0 Å². The molecule has 9 nitrogen and oxygen atoms in total. The Bertz CT molecular complexity index is 1200. The standard InChI is InChI=1S/C20H17N3O6/c1-11-3-5-13-18(25)14(20(26)27-2)8-23(19(13)21-11)9-17(24)22-12-4-6-15-16(7-12)29-10-28-15/h3-8H,9-10H2,1-2H3,(H,22,24). The number of esters is 1. The Morgan fingerprint density at radius 3 is 2.79 bits per heavy atom. The van der Waals surface area contributed by atoms with Crippen LogP contribution in [0.5, 0.6) is 11.5 Å². The molecule has 0 spiro atoms. The van der Waals surface area contributed by atoms with E-state index in [-0.39, 0.29) is 30.2 Å². The fourth-order valence-electron chi connectivity index (χ4n) is 3.07. The number of amides is 1. The van der Waals surface area contributed by atoms with Gasteiger partial charge in [-0.05, 0) is 31.2 Å². The van der Waals surface area contributed by atoms with Crippen LogP contribution in [0.4, 0.5) is 5.69 Å². The molecule has 1 aliphatic rings. The molecule has 1 aliphatic heterocycles. The lowest BCUT2D eigenvalue weighted by Crippen LogP contribution is -2.25. The maximum Gasteiger partial charge on any atom is 0.343 e. The summed E-state index contributed by atoms with van der Waals surface area (Å²) in [6.45, 7) is 1.75. The highest BCUT2D eigenvalue weighted by molar-refractivity contribution is 5.95. The fourth-order valence-corrected chi connectivity index (χ4v) is 3.07. The van der Waals surface area contributed by atoms with Crippen LogP contribution in [0.2, 0.25) is 0 Å². The summed E-state index contributed by atoms with van der Waals surface area (Å²) in [5.41, 5.74) is 0.853. The Kier molecular flexibility index (Phi) is 4.63. The number of benzene rings is 1. The zero-order valence-corrected chi connectivity index (χ0v) is 15.7. The number of nitrogens with one attached hydrogen (secondary N) is 1. The molecule has 148 valence electrons. The molecule has 0 unspecified atom stereocenters. The maximum atomic E-state index is 12.6. The second kappa shape index (κ2) is 7.27. The van der Waals surface area contributed by atoms with Crippen LogP contribution < -0.4 is 20.2 Å². The number of hydrogen-bond acceptors (Lipinski definition) is 7. The lowest BCUT2D eigenvalue weighted by atomic mass is 10.2. The minimum atomic E-state index is -0.776. The summed E-state index contributed by atoms with van der Waals surface area (Å²) in [4.78, 5) is 41.6. The lowest BCUT2D eigenvalue weighted by Gasteiger charge is -2.13. The van der Waals surface area contributed by atoms with Crippen LogP contribution in [0.3, 0.4) is 0 Å². The van der Waals surface area contributed by atoms with Crippen LogP contribution in [0.15, 0.2) is 41.3 Å². The zero-order valence-electron chi connectivity index (χ0n) is 15.7. The number of aryl methyl sites for hydroxylation is 1. The largest absolute Gasteiger partial charge is 0.465 e. The van der Waals surface area contributed by atoms with E-state index >= 15 is 0 Å². The van der Waals surface area contributed by atoms with E-state index in [0.717, 1.165) is 0 Å². The first kappa shape index (κ1) is 18.5. The van der Waals surface area contributed by atoms with Crippen molar-refractivity contribution in [1.82, 2.24) is 9.55 Å². The Morgan fingerprint density at radius 2 is 2.00 bits per heavy atom. The van der Waals surface area contributed by atoms with Crippen LogP contribution >= 0.6 is 0 Å². The number of fused-ring (bicyclic) bond motifs is 2. The first-order valence-corrected chi connectivity index (χ1v) is 8.75. The van der Waals surface area contributed by atoms with E-state index in [2.05, 4.69) is 15.0 Å².